The van der Waals surface area contributed by atoms with E-state index in [9.17, 15) is 4.39 Å². The standard InChI is InChI=1S/C10H15FN2O3/c1-16-10-3-9(7(11)2-8(10)12)13-4-6(15)5-14/h2-3,6,13-15H,4-5,12H2,1H3. The van der Waals surface area contributed by atoms with Crippen molar-refractivity contribution in [3.05, 3.63) is 17.9 Å². The third-order valence-electron chi connectivity index (χ3n) is 2.06. The van der Waals surface area contributed by atoms with Crippen LogP contribution in [0.3, 0.4) is 0 Å². The van der Waals surface area contributed by atoms with Gasteiger partial charge in [0.25, 0.3) is 0 Å². The van der Waals surface area contributed by atoms with E-state index >= 15 is 0 Å². The van der Waals surface area contributed by atoms with Crippen LogP contribution in [0.1, 0.15) is 0 Å². The maximum absolute atomic E-state index is 13.4. The first-order chi connectivity index (χ1) is 7.58. The SMILES string of the molecule is COc1cc(NCC(O)CO)c(F)cc1N. The Kier molecular flexibility index (Phi) is 4.33. The molecule has 6 heteroatoms. The molecule has 16 heavy (non-hydrogen) atoms. The largest absolute Gasteiger partial charge is 0.495 e. The highest BCUT2D eigenvalue weighted by Gasteiger charge is 2.09. The number of aliphatic hydroxyl groups is 2. The van der Waals surface area contributed by atoms with Gasteiger partial charge < -0.3 is 26.0 Å². The van der Waals surface area contributed by atoms with Crippen LogP contribution in [0.5, 0.6) is 5.75 Å². The fraction of sp³-hybridized carbons (Fsp3) is 0.400. The molecule has 1 aromatic rings. The Morgan fingerprint density at radius 1 is 1.56 bits per heavy atom. The molecule has 0 fully saturated rings. The van der Waals surface area contributed by atoms with Crippen LogP contribution in [0.2, 0.25) is 0 Å². The number of benzene rings is 1. The summed E-state index contributed by atoms with van der Waals surface area (Å²) in [5, 5.41) is 20.3. The van der Waals surface area contributed by atoms with Crippen molar-refractivity contribution in [1.82, 2.24) is 0 Å². The number of nitrogen functional groups attached to an aromatic ring is 1. The van der Waals surface area contributed by atoms with Crippen molar-refractivity contribution in [2.45, 2.75) is 6.10 Å². The van der Waals surface area contributed by atoms with Gasteiger partial charge in [-0.2, -0.15) is 0 Å². The van der Waals surface area contributed by atoms with Crippen LogP contribution < -0.4 is 15.8 Å². The van der Waals surface area contributed by atoms with Crippen molar-refractivity contribution in [2.24, 2.45) is 0 Å². The molecule has 0 saturated heterocycles. The predicted octanol–water partition coefficient (Wildman–Crippen LogP) is 0.182. The van der Waals surface area contributed by atoms with Crippen LogP contribution in [-0.2, 0) is 0 Å². The van der Waals surface area contributed by atoms with Gasteiger partial charge in [0.1, 0.15) is 11.6 Å². The number of halogens is 1. The van der Waals surface area contributed by atoms with Crippen LogP contribution in [-0.4, -0.2) is 36.6 Å². The van der Waals surface area contributed by atoms with E-state index in [1.807, 2.05) is 0 Å². The zero-order valence-corrected chi connectivity index (χ0v) is 8.90. The second-order valence-electron chi connectivity index (χ2n) is 3.29. The molecule has 0 spiro atoms. The number of ether oxygens (including phenoxy) is 1. The zero-order chi connectivity index (χ0) is 12.1. The monoisotopic (exact) mass is 230 g/mol. The van der Waals surface area contributed by atoms with Gasteiger partial charge in [0, 0.05) is 18.7 Å². The van der Waals surface area contributed by atoms with Crippen LogP contribution >= 0.6 is 0 Å². The molecule has 0 aliphatic rings. The molecule has 0 aliphatic carbocycles. The molecular formula is C10H15FN2O3. The van der Waals surface area contributed by atoms with Gasteiger partial charge in [0.05, 0.1) is 31.2 Å². The Bertz CT molecular complexity index is 360. The summed E-state index contributed by atoms with van der Waals surface area (Å²) in [6.07, 6.45) is -0.942. The van der Waals surface area contributed by atoms with Crippen LogP contribution in [0.15, 0.2) is 12.1 Å². The maximum atomic E-state index is 13.4. The highest BCUT2D eigenvalue weighted by molar-refractivity contribution is 5.62. The maximum Gasteiger partial charge on any atom is 0.148 e. The first kappa shape index (κ1) is 12.5. The van der Waals surface area contributed by atoms with E-state index in [4.69, 9.17) is 20.7 Å². The average Bonchev–Trinajstić information content (AvgIpc) is 2.27. The van der Waals surface area contributed by atoms with Crippen LogP contribution in [0.25, 0.3) is 0 Å². The number of nitrogens with one attached hydrogen (secondary N) is 1. The van der Waals surface area contributed by atoms with Crippen LogP contribution in [0, 0.1) is 5.82 Å². The summed E-state index contributed by atoms with van der Waals surface area (Å²) < 4.78 is 18.3. The first-order valence-corrected chi connectivity index (χ1v) is 4.74. The van der Waals surface area contributed by atoms with Gasteiger partial charge in [-0.1, -0.05) is 0 Å². The minimum absolute atomic E-state index is 0.0422. The fourth-order valence-electron chi connectivity index (χ4n) is 1.17. The van der Waals surface area contributed by atoms with Crippen molar-refractivity contribution in [1.29, 1.82) is 0 Å². The second kappa shape index (κ2) is 5.53. The Balaban J connectivity index is 2.79. The number of aliphatic hydroxyl groups excluding tert-OH is 2. The summed E-state index contributed by atoms with van der Waals surface area (Å²) in [5.74, 6) is -0.189. The number of anilines is 2. The zero-order valence-electron chi connectivity index (χ0n) is 8.90. The van der Waals surface area contributed by atoms with Crippen LogP contribution in [0.4, 0.5) is 15.8 Å². The topological polar surface area (TPSA) is 87.7 Å². The van der Waals surface area contributed by atoms with Crippen molar-refractivity contribution in [3.8, 4) is 5.75 Å². The third kappa shape index (κ3) is 2.98. The van der Waals surface area contributed by atoms with Gasteiger partial charge in [-0.15, -0.1) is 0 Å². The molecule has 1 aromatic carbocycles. The van der Waals surface area contributed by atoms with Gasteiger partial charge in [0.15, 0.2) is 0 Å². The fourth-order valence-corrected chi connectivity index (χ4v) is 1.17. The molecule has 1 atom stereocenters. The number of nitrogens with two attached hydrogens (primary N) is 1. The summed E-state index contributed by atoms with van der Waals surface area (Å²) in [5.41, 5.74) is 5.87. The van der Waals surface area contributed by atoms with E-state index in [0.29, 0.717) is 5.75 Å². The lowest BCUT2D eigenvalue weighted by atomic mass is 10.2. The minimum Gasteiger partial charge on any atom is -0.495 e. The summed E-state index contributed by atoms with van der Waals surface area (Å²) in [6.45, 7) is -0.346. The van der Waals surface area contributed by atoms with E-state index in [-0.39, 0.29) is 24.5 Å². The predicted molar refractivity (Wildman–Crippen MR) is 58.9 cm³/mol. The summed E-state index contributed by atoms with van der Waals surface area (Å²) in [6, 6.07) is 2.53. The molecule has 5 nitrogen and oxygen atoms in total. The molecule has 1 rings (SSSR count). The van der Waals surface area contributed by atoms with Gasteiger partial charge in [-0.05, 0) is 0 Å². The molecule has 90 valence electrons. The molecule has 0 saturated carbocycles. The molecule has 0 bridgehead atoms. The highest BCUT2D eigenvalue weighted by atomic mass is 19.1. The molecule has 5 N–H and O–H groups in total. The van der Waals surface area contributed by atoms with E-state index in [0.717, 1.165) is 6.07 Å². The Labute approximate surface area is 92.6 Å². The molecule has 0 heterocycles. The molecular weight excluding hydrogens is 215 g/mol. The highest BCUT2D eigenvalue weighted by Crippen LogP contribution is 2.28. The number of hydrogen-bond acceptors (Lipinski definition) is 5. The Morgan fingerprint density at radius 3 is 2.81 bits per heavy atom. The quantitative estimate of drug-likeness (QED) is 0.542. The third-order valence-corrected chi connectivity index (χ3v) is 2.06. The first-order valence-electron chi connectivity index (χ1n) is 4.74. The Hall–Kier alpha value is -1.53. The lowest BCUT2D eigenvalue weighted by molar-refractivity contribution is 0.105. The average molecular weight is 230 g/mol. The minimum atomic E-state index is -0.942. The molecule has 0 aromatic heterocycles. The lowest BCUT2D eigenvalue weighted by Gasteiger charge is -2.13. The van der Waals surface area contributed by atoms with Gasteiger partial charge in [0.2, 0.25) is 0 Å². The molecule has 1 unspecified atom stereocenters. The number of hydrogen-bond donors (Lipinski definition) is 4. The molecule has 0 amide bonds. The molecule has 0 radical (unpaired) electrons. The van der Waals surface area contributed by atoms with Crippen molar-refractivity contribution in [3.63, 3.8) is 0 Å². The van der Waals surface area contributed by atoms with Crippen molar-refractivity contribution in [2.75, 3.05) is 31.3 Å². The number of rotatable bonds is 5. The van der Waals surface area contributed by atoms with E-state index in [1.165, 1.54) is 13.2 Å². The van der Waals surface area contributed by atoms with E-state index in [1.54, 1.807) is 0 Å². The van der Waals surface area contributed by atoms with Gasteiger partial charge in [-0.3, -0.25) is 0 Å². The van der Waals surface area contributed by atoms with Gasteiger partial charge >= 0.3 is 0 Å². The van der Waals surface area contributed by atoms with Crippen molar-refractivity contribution >= 4 is 11.4 Å². The summed E-state index contributed by atoms with van der Waals surface area (Å²) in [4.78, 5) is 0. The van der Waals surface area contributed by atoms with E-state index in [2.05, 4.69) is 5.32 Å². The van der Waals surface area contributed by atoms with Gasteiger partial charge in [-0.25, -0.2) is 4.39 Å². The summed E-state index contributed by atoms with van der Waals surface area (Å²) in [7, 11) is 1.43. The van der Waals surface area contributed by atoms with Crippen molar-refractivity contribution < 1.29 is 19.3 Å². The lowest BCUT2D eigenvalue weighted by Crippen LogP contribution is -2.23. The smallest absolute Gasteiger partial charge is 0.148 e. The van der Waals surface area contributed by atoms with E-state index < -0.39 is 11.9 Å². The Morgan fingerprint density at radius 2 is 2.25 bits per heavy atom. The summed E-state index contributed by atoms with van der Waals surface area (Å²) >= 11 is 0. The molecule has 0 aliphatic heterocycles. The number of methoxy groups -OCH3 is 1. The normalized spacial score (nSPS) is 12.2. The second-order valence-corrected chi connectivity index (χ2v) is 3.29.